The average molecular weight is 761 g/mol. The largest absolute Gasteiger partial charge is 0.422 e. The van der Waals surface area contributed by atoms with E-state index in [-0.39, 0.29) is 11.3 Å². The number of anilines is 2. The smallest absolute Gasteiger partial charge is 0.346 e. The highest BCUT2D eigenvalue weighted by Crippen LogP contribution is 2.41. The lowest BCUT2D eigenvalue weighted by Gasteiger charge is -2.12. The molecule has 0 saturated heterocycles. The van der Waals surface area contributed by atoms with E-state index >= 15 is 0 Å². The van der Waals surface area contributed by atoms with E-state index in [1.807, 2.05) is 196 Å². The summed E-state index contributed by atoms with van der Waals surface area (Å²) in [5.41, 5.74) is 11.7. The average Bonchev–Trinajstić information content (AvgIpc) is 3.87. The molecular formula is C50H40N4O4. The molecule has 4 heterocycles. The third-order valence-electron chi connectivity index (χ3n) is 10.6. The molecule has 0 spiro atoms. The summed E-state index contributed by atoms with van der Waals surface area (Å²) in [7, 11) is 7.86. The second-order valence-electron chi connectivity index (χ2n) is 14.6. The maximum Gasteiger partial charge on any atom is 0.346 e. The van der Waals surface area contributed by atoms with Crippen LogP contribution in [0.15, 0.2) is 176 Å². The highest BCUT2D eigenvalue weighted by molar-refractivity contribution is 6.14. The summed E-state index contributed by atoms with van der Waals surface area (Å²) in [4.78, 5) is 37.3. The minimum absolute atomic E-state index is 0.333. The molecule has 58 heavy (non-hydrogen) atoms. The van der Waals surface area contributed by atoms with Gasteiger partial charge in [-0.2, -0.15) is 0 Å². The molecule has 0 saturated carbocycles. The van der Waals surface area contributed by atoms with E-state index in [2.05, 4.69) is 9.97 Å². The topological polar surface area (TPSA) is 98.5 Å². The zero-order chi connectivity index (χ0) is 39.9. The number of rotatable bonds is 6. The van der Waals surface area contributed by atoms with Gasteiger partial charge in [0.2, 0.25) is 0 Å². The number of benzene rings is 6. The van der Waals surface area contributed by atoms with Gasteiger partial charge in [-0.3, -0.25) is 0 Å². The summed E-state index contributed by atoms with van der Waals surface area (Å²) in [5, 5.41) is 2.95. The Bertz CT molecular complexity index is 2980. The van der Waals surface area contributed by atoms with E-state index in [4.69, 9.17) is 8.83 Å². The molecule has 4 aromatic heterocycles. The Morgan fingerprint density at radius 2 is 0.741 bits per heavy atom. The quantitative estimate of drug-likeness (QED) is 0.164. The molecule has 0 atom stereocenters. The lowest BCUT2D eigenvalue weighted by molar-refractivity contribution is 0.569. The van der Waals surface area contributed by atoms with E-state index in [0.717, 1.165) is 77.9 Å². The van der Waals surface area contributed by atoms with Gasteiger partial charge in [-0.25, -0.2) is 9.59 Å². The van der Waals surface area contributed by atoms with Gasteiger partial charge in [-0.1, -0.05) is 121 Å². The fraction of sp³-hybridized carbons (Fsp3) is 0.0800. The summed E-state index contributed by atoms with van der Waals surface area (Å²) in [6, 6.07) is 52.0. The number of nitrogens with zero attached hydrogens (tertiary/aromatic N) is 2. The van der Waals surface area contributed by atoms with Gasteiger partial charge in [0, 0.05) is 73.6 Å². The molecule has 10 rings (SSSR count). The molecule has 0 radical (unpaired) electrons. The Labute approximate surface area is 334 Å². The summed E-state index contributed by atoms with van der Waals surface area (Å²) in [6.45, 7) is 0. The Morgan fingerprint density at radius 1 is 0.414 bits per heavy atom. The van der Waals surface area contributed by atoms with E-state index in [9.17, 15) is 9.59 Å². The van der Waals surface area contributed by atoms with Crippen LogP contribution in [0.25, 0.3) is 88.5 Å². The number of hydrogen-bond donors (Lipinski definition) is 2. The molecule has 2 N–H and O–H groups in total. The third-order valence-corrected chi connectivity index (χ3v) is 10.6. The summed E-state index contributed by atoms with van der Waals surface area (Å²) in [5.74, 6) is 0. The zero-order valence-corrected chi connectivity index (χ0v) is 32.5. The Hall–Kier alpha value is -7.58. The fourth-order valence-electron chi connectivity index (χ4n) is 7.70. The molecule has 10 aromatic rings. The number of fused-ring (bicyclic) bond motifs is 6. The Kier molecular flexibility index (Phi) is 9.22. The summed E-state index contributed by atoms with van der Waals surface area (Å²) >= 11 is 0. The summed E-state index contributed by atoms with van der Waals surface area (Å²) in [6.07, 6.45) is 0. The van der Waals surface area contributed by atoms with Crippen molar-refractivity contribution in [1.29, 1.82) is 0 Å². The zero-order valence-electron chi connectivity index (χ0n) is 32.5. The Balaban J connectivity index is 0.000000150. The van der Waals surface area contributed by atoms with Crippen molar-refractivity contribution < 1.29 is 8.83 Å². The number of H-pyrrole nitrogens is 2. The molecule has 6 aromatic carbocycles. The first-order chi connectivity index (χ1) is 28.3. The van der Waals surface area contributed by atoms with Crippen LogP contribution in [0.2, 0.25) is 0 Å². The first-order valence-electron chi connectivity index (χ1n) is 19.1. The predicted molar refractivity (Wildman–Crippen MR) is 239 cm³/mol. The van der Waals surface area contributed by atoms with Crippen LogP contribution in [-0.4, -0.2) is 38.2 Å². The summed E-state index contributed by atoms with van der Waals surface area (Å²) < 4.78 is 11.5. The molecule has 0 bridgehead atoms. The monoisotopic (exact) mass is 760 g/mol. The second-order valence-corrected chi connectivity index (χ2v) is 14.6. The minimum Gasteiger partial charge on any atom is -0.422 e. The molecule has 0 unspecified atom stereocenters. The Morgan fingerprint density at radius 3 is 1.07 bits per heavy atom. The minimum atomic E-state index is -0.333. The van der Waals surface area contributed by atoms with E-state index < -0.39 is 0 Å². The van der Waals surface area contributed by atoms with Gasteiger partial charge in [0.25, 0.3) is 0 Å². The van der Waals surface area contributed by atoms with Crippen molar-refractivity contribution in [1.82, 2.24) is 9.97 Å². The molecule has 0 fully saturated rings. The van der Waals surface area contributed by atoms with Crippen molar-refractivity contribution in [2.45, 2.75) is 0 Å². The van der Waals surface area contributed by atoms with Crippen molar-refractivity contribution >= 4 is 55.1 Å². The molecule has 8 heteroatoms. The van der Waals surface area contributed by atoms with E-state index in [1.54, 1.807) is 0 Å². The van der Waals surface area contributed by atoms with Crippen molar-refractivity contribution in [2.75, 3.05) is 38.0 Å². The van der Waals surface area contributed by atoms with Gasteiger partial charge < -0.3 is 28.6 Å². The van der Waals surface area contributed by atoms with Gasteiger partial charge in [0.05, 0.1) is 33.2 Å². The molecular weight excluding hydrogens is 721 g/mol. The van der Waals surface area contributed by atoms with E-state index in [0.29, 0.717) is 21.9 Å². The lowest BCUT2D eigenvalue weighted by atomic mass is 9.99. The van der Waals surface area contributed by atoms with E-state index in [1.165, 1.54) is 0 Å². The van der Waals surface area contributed by atoms with Crippen LogP contribution in [0, 0.1) is 0 Å². The van der Waals surface area contributed by atoms with Crippen LogP contribution in [-0.2, 0) is 0 Å². The SMILES string of the molecule is CN(C)c1ccc2c(c1)oc(=O)c1c(-c3ccccc3)c(-c3ccccc3)[nH]c12.CN(C)c1ccc2c(c1)oc(=O)c1c(-c3ccccc3)c(-c3ccccc3)[nH]c12. The normalized spacial score (nSPS) is 11.2. The lowest BCUT2D eigenvalue weighted by Crippen LogP contribution is -2.08. The number of hydrogen-bond acceptors (Lipinski definition) is 6. The fourth-order valence-corrected chi connectivity index (χ4v) is 7.70. The maximum atomic E-state index is 13.1. The molecule has 284 valence electrons. The second kappa shape index (κ2) is 14.8. The highest BCUT2D eigenvalue weighted by atomic mass is 16.4. The van der Waals surface area contributed by atoms with Crippen molar-refractivity contribution in [3.8, 4) is 44.8 Å². The number of aromatic amines is 2. The predicted octanol–water partition coefficient (Wildman–Crippen LogP) is 11.3. The first-order valence-corrected chi connectivity index (χ1v) is 19.1. The van der Waals surface area contributed by atoms with Crippen LogP contribution in [0.3, 0.4) is 0 Å². The van der Waals surface area contributed by atoms with Gasteiger partial charge >= 0.3 is 11.3 Å². The van der Waals surface area contributed by atoms with Crippen LogP contribution >= 0.6 is 0 Å². The molecule has 0 aliphatic heterocycles. The molecule has 0 aliphatic rings. The van der Waals surface area contributed by atoms with Gasteiger partial charge in [0.15, 0.2) is 0 Å². The third kappa shape index (κ3) is 6.40. The van der Waals surface area contributed by atoms with Gasteiger partial charge in [-0.05, 0) is 46.5 Å². The van der Waals surface area contributed by atoms with Crippen molar-refractivity contribution in [3.05, 3.63) is 179 Å². The standard InChI is InChI=1S/2C25H20N2O2/c2*1-27(2)18-13-14-19-20(15-18)29-25(28)22-21(16-9-5-3-6-10-16)23(26-24(19)22)17-11-7-4-8-12-17/h2*3-15,26H,1-2H3. The van der Waals surface area contributed by atoms with Crippen LogP contribution in [0.5, 0.6) is 0 Å². The molecule has 0 amide bonds. The number of nitrogens with one attached hydrogen (secondary N) is 2. The van der Waals surface area contributed by atoms with Crippen molar-refractivity contribution in [3.63, 3.8) is 0 Å². The first kappa shape index (κ1) is 36.1. The van der Waals surface area contributed by atoms with Crippen LogP contribution in [0.4, 0.5) is 11.4 Å². The van der Waals surface area contributed by atoms with Crippen LogP contribution in [0.1, 0.15) is 0 Å². The molecule has 8 nitrogen and oxygen atoms in total. The molecule has 0 aliphatic carbocycles. The van der Waals surface area contributed by atoms with Crippen LogP contribution < -0.4 is 21.1 Å². The number of aromatic nitrogens is 2. The van der Waals surface area contributed by atoms with Crippen molar-refractivity contribution in [2.24, 2.45) is 0 Å². The maximum absolute atomic E-state index is 13.1. The van der Waals surface area contributed by atoms with Gasteiger partial charge in [0.1, 0.15) is 11.2 Å². The van der Waals surface area contributed by atoms with Gasteiger partial charge in [-0.15, -0.1) is 0 Å². The highest BCUT2D eigenvalue weighted by Gasteiger charge is 2.23.